The predicted octanol–water partition coefficient (Wildman–Crippen LogP) is 2.22. The van der Waals surface area contributed by atoms with Crippen molar-refractivity contribution in [3.63, 3.8) is 0 Å². The minimum atomic E-state index is -0.418. The lowest BCUT2D eigenvalue weighted by molar-refractivity contribution is -0.147. The van der Waals surface area contributed by atoms with Gasteiger partial charge in [0.2, 0.25) is 0 Å². The highest BCUT2D eigenvalue weighted by Gasteiger charge is 2.33. The van der Waals surface area contributed by atoms with Crippen LogP contribution in [0.25, 0.3) is 0 Å². The zero-order valence-electron chi connectivity index (χ0n) is 10.6. The Morgan fingerprint density at radius 3 is 2.78 bits per heavy atom. The molecule has 0 aliphatic carbocycles. The van der Waals surface area contributed by atoms with Crippen LogP contribution in [0, 0.1) is 6.92 Å². The fourth-order valence-corrected chi connectivity index (χ4v) is 3.07. The summed E-state index contributed by atoms with van der Waals surface area (Å²) in [6.45, 7) is 2.60. The first-order valence-corrected chi connectivity index (χ1v) is 6.90. The normalized spacial score (nSPS) is 19.7. The molecule has 1 aromatic rings. The van der Waals surface area contributed by atoms with E-state index in [1.54, 1.807) is 4.90 Å². The van der Waals surface area contributed by atoms with Crippen molar-refractivity contribution in [3.8, 4) is 0 Å². The minimum Gasteiger partial charge on any atom is -0.467 e. The maximum Gasteiger partial charge on any atom is 0.328 e. The van der Waals surface area contributed by atoms with Crippen LogP contribution in [0.5, 0.6) is 0 Å². The highest BCUT2D eigenvalue weighted by Crippen LogP contribution is 2.23. The van der Waals surface area contributed by atoms with Gasteiger partial charge in [-0.3, -0.25) is 4.79 Å². The number of amides is 1. The number of nitrogens with zero attached hydrogens (tertiary/aromatic N) is 1. The van der Waals surface area contributed by atoms with Crippen molar-refractivity contribution in [2.45, 2.75) is 32.2 Å². The molecule has 1 saturated heterocycles. The number of ether oxygens (including phenoxy) is 1. The van der Waals surface area contributed by atoms with E-state index in [0.29, 0.717) is 17.8 Å². The second-order valence-electron chi connectivity index (χ2n) is 4.44. The standard InChI is InChI=1S/C13H17NO3S/c1-9-6-7-11(18-9)12(15)14-8-4-3-5-10(14)13(16)17-2/h6-7,10H,3-5,8H2,1-2H3. The van der Waals surface area contributed by atoms with Crippen molar-refractivity contribution in [1.29, 1.82) is 0 Å². The molecule has 1 aliphatic rings. The maximum atomic E-state index is 12.4. The Bertz CT molecular complexity index is 455. The minimum absolute atomic E-state index is 0.0526. The Labute approximate surface area is 111 Å². The molecule has 1 fully saturated rings. The van der Waals surface area contributed by atoms with Gasteiger partial charge in [0, 0.05) is 11.4 Å². The van der Waals surface area contributed by atoms with E-state index in [-0.39, 0.29) is 11.9 Å². The first-order valence-electron chi connectivity index (χ1n) is 6.08. The van der Waals surface area contributed by atoms with Gasteiger partial charge in [0.05, 0.1) is 12.0 Å². The topological polar surface area (TPSA) is 46.6 Å². The number of hydrogen-bond donors (Lipinski definition) is 0. The summed E-state index contributed by atoms with van der Waals surface area (Å²) < 4.78 is 4.78. The number of carbonyl (C=O) groups is 2. The van der Waals surface area contributed by atoms with Crippen LogP contribution in [-0.2, 0) is 9.53 Å². The fraction of sp³-hybridized carbons (Fsp3) is 0.538. The van der Waals surface area contributed by atoms with E-state index in [4.69, 9.17) is 4.74 Å². The SMILES string of the molecule is COC(=O)C1CCCCN1C(=O)c1ccc(C)s1. The molecule has 2 rings (SSSR count). The summed E-state index contributed by atoms with van der Waals surface area (Å²) in [6, 6.07) is 3.33. The first-order chi connectivity index (χ1) is 8.63. The molecule has 0 bridgehead atoms. The molecule has 5 heteroatoms. The molecule has 1 atom stereocenters. The summed E-state index contributed by atoms with van der Waals surface area (Å²) in [7, 11) is 1.37. The van der Waals surface area contributed by atoms with Gasteiger partial charge in [0.25, 0.3) is 5.91 Å². The van der Waals surface area contributed by atoms with Gasteiger partial charge in [-0.1, -0.05) is 0 Å². The molecular weight excluding hydrogens is 250 g/mol. The Morgan fingerprint density at radius 1 is 1.39 bits per heavy atom. The van der Waals surface area contributed by atoms with Crippen molar-refractivity contribution >= 4 is 23.2 Å². The van der Waals surface area contributed by atoms with Gasteiger partial charge in [-0.15, -0.1) is 11.3 Å². The zero-order chi connectivity index (χ0) is 13.1. The number of hydrogen-bond acceptors (Lipinski definition) is 4. The molecule has 2 heterocycles. The molecule has 1 unspecified atom stereocenters. The number of methoxy groups -OCH3 is 1. The summed E-state index contributed by atoms with van der Waals surface area (Å²) in [5, 5.41) is 0. The predicted molar refractivity (Wildman–Crippen MR) is 69.7 cm³/mol. The fourth-order valence-electron chi connectivity index (χ4n) is 2.25. The molecule has 4 nitrogen and oxygen atoms in total. The van der Waals surface area contributed by atoms with Gasteiger partial charge < -0.3 is 9.64 Å². The average molecular weight is 267 g/mol. The van der Waals surface area contributed by atoms with Crippen LogP contribution in [0.1, 0.15) is 33.8 Å². The van der Waals surface area contributed by atoms with Gasteiger partial charge in [0.1, 0.15) is 6.04 Å². The Balaban J connectivity index is 2.18. The highest BCUT2D eigenvalue weighted by molar-refractivity contribution is 7.13. The van der Waals surface area contributed by atoms with Crippen LogP contribution in [0.3, 0.4) is 0 Å². The van der Waals surface area contributed by atoms with E-state index in [1.165, 1.54) is 18.4 Å². The highest BCUT2D eigenvalue weighted by atomic mass is 32.1. The molecule has 1 amide bonds. The first kappa shape index (κ1) is 13.1. The molecule has 0 spiro atoms. The number of thiophene rings is 1. The van der Waals surface area contributed by atoms with Crippen molar-refractivity contribution in [2.24, 2.45) is 0 Å². The van der Waals surface area contributed by atoms with Gasteiger partial charge in [-0.2, -0.15) is 0 Å². The summed E-state index contributed by atoms with van der Waals surface area (Å²) in [5.74, 6) is -0.362. The largest absolute Gasteiger partial charge is 0.467 e. The quantitative estimate of drug-likeness (QED) is 0.772. The van der Waals surface area contributed by atoms with Crippen LogP contribution in [0.4, 0.5) is 0 Å². The van der Waals surface area contributed by atoms with Crippen molar-refractivity contribution in [3.05, 3.63) is 21.9 Å². The van der Waals surface area contributed by atoms with Gasteiger partial charge in [-0.05, 0) is 38.3 Å². The summed E-state index contributed by atoms with van der Waals surface area (Å²) in [4.78, 5) is 27.5. The Hall–Kier alpha value is -1.36. The second-order valence-corrected chi connectivity index (χ2v) is 5.73. The molecule has 0 saturated carbocycles. The summed E-state index contributed by atoms with van der Waals surface area (Å²) in [6.07, 6.45) is 2.61. The molecular formula is C13H17NO3S. The zero-order valence-corrected chi connectivity index (χ0v) is 11.5. The molecule has 1 aliphatic heterocycles. The van der Waals surface area contributed by atoms with Gasteiger partial charge >= 0.3 is 5.97 Å². The number of aryl methyl sites for hydroxylation is 1. The third-order valence-corrected chi connectivity index (χ3v) is 4.18. The van der Waals surface area contributed by atoms with E-state index < -0.39 is 6.04 Å². The second kappa shape index (κ2) is 5.52. The van der Waals surface area contributed by atoms with Crippen molar-refractivity contribution in [1.82, 2.24) is 4.90 Å². The van der Waals surface area contributed by atoms with Gasteiger partial charge in [-0.25, -0.2) is 4.79 Å². The van der Waals surface area contributed by atoms with E-state index >= 15 is 0 Å². The van der Waals surface area contributed by atoms with Crippen LogP contribution in [0.15, 0.2) is 12.1 Å². The molecule has 1 aromatic heterocycles. The number of piperidine rings is 1. The maximum absolute atomic E-state index is 12.4. The lowest BCUT2D eigenvalue weighted by Crippen LogP contribution is -2.48. The van der Waals surface area contributed by atoms with Crippen LogP contribution >= 0.6 is 11.3 Å². The Kier molecular flexibility index (Phi) is 4.01. The number of esters is 1. The van der Waals surface area contributed by atoms with Crippen molar-refractivity contribution < 1.29 is 14.3 Å². The van der Waals surface area contributed by atoms with Crippen LogP contribution < -0.4 is 0 Å². The smallest absolute Gasteiger partial charge is 0.328 e. The number of rotatable bonds is 2. The third-order valence-electron chi connectivity index (χ3n) is 3.19. The van der Waals surface area contributed by atoms with Crippen molar-refractivity contribution in [2.75, 3.05) is 13.7 Å². The van der Waals surface area contributed by atoms with E-state index in [9.17, 15) is 9.59 Å². The van der Waals surface area contributed by atoms with Crippen LogP contribution in [0.2, 0.25) is 0 Å². The molecule has 0 N–H and O–H groups in total. The summed E-state index contributed by atoms with van der Waals surface area (Å²) in [5.41, 5.74) is 0. The molecule has 0 radical (unpaired) electrons. The lowest BCUT2D eigenvalue weighted by atomic mass is 10.0. The summed E-state index contributed by atoms with van der Waals surface area (Å²) >= 11 is 1.47. The molecule has 18 heavy (non-hydrogen) atoms. The number of likely N-dealkylation sites (tertiary alicyclic amines) is 1. The van der Waals surface area contributed by atoms with Gasteiger partial charge in [0.15, 0.2) is 0 Å². The monoisotopic (exact) mass is 267 g/mol. The number of carbonyl (C=O) groups excluding carboxylic acids is 2. The van der Waals surface area contributed by atoms with Crippen LogP contribution in [-0.4, -0.2) is 36.5 Å². The molecule has 0 aromatic carbocycles. The Morgan fingerprint density at radius 2 is 2.17 bits per heavy atom. The molecule has 98 valence electrons. The van der Waals surface area contributed by atoms with E-state index in [2.05, 4.69) is 0 Å². The average Bonchev–Trinajstić information content (AvgIpc) is 2.83. The van der Waals surface area contributed by atoms with E-state index in [1.807, 2.05) is 19.1 Å². The lowest BCUT2D eigenvalue weighted by Gasteiger charge is -2.33. The third kappa shape index (κ3) is 2.56. The van der Waals surface area contributed by atoms with E-state index in [0.717, 1.165) is 17.7 Å².